The zero-order chi connectivity index (χ0) is 19.4. The molecular weight excluding hydrogens is 356 g/mol. The number of carbonyl (C=O) groups excluding carboxylic acids is 4. The molecule has 0 bridgehead atoms. The Labute approximate surface area is 152 Å². The second-order valence-corrected chi connectivity index (χ2v) is 10.2. The van der Waals surface area contributed by atoms with Crippen LogP contribution in [0.1, 0.15) is 60.3 Å². The van der Waals surface area contributed by atoms with Crippen LogP contribution >= 0.6 is 0 Å². The van der Waals surface area contributed by atoms with Crippen LogP contribution in [0.4, 0.5) is 0 Å². The summed E-state index contributed by atoms with van der Waals surface area (Å²) in [6.45, 7) is 8.69. The summed E-state index contributed by atoms with van der Waals surface area (Å²) in [5, 5.41) is 0. The van der Waals surface area contributed by atoms with Gasteiger partial charge in [-0.1, -0.05) is 33.8 Å². The molecule has 4 amide bonds. The molecule has 0 spiro atoms. The third kappa shape index (κ3) is 8.63. The highest BCUT2D eigenvalue weighted by Crippen LogP contribution is 2.02. The minimum atomic E-state index is -2.40. The lowest BCUT2D eigenvalue weighted by atomic mass is 10.5. The van der Waals surface area contributed by atoms with Crippen molar-refractivity contribution in [3.63, 3.8) is 0 Å². The lowest BCUT2D eigenvalue weighted by molar-refractivity contribution is -0.121. The summed E-state index contributed by atoms with van der Waals surface area (Å²) in [4.78, 5) is 59.8. The molecule has 0 aromatic rings. The van der Waals surface area contributed by atoms with Crippen molar-refractivity contribution >= 4 is 41.9 Å². The van der Waals surface area contributed by atoms with Gasteiger partial charge in [-0.15, -0.1) is 0 Å². The van der Waals surface area contributed by atoms with Gasteiger partial charge in [-0.05, 0) is 11.7 Å². The molecule has 0 heterocycles. The van der Waals surface area contributed by atoms with Crippen molar-refractivity contribution in [2.24, 2.45) is 0 Å². The number of amides is 4. The van der Waals surface area contributed by atoms with Crippen LogP contribution < -0.4 is 19.9 Å². The van der Waals surface area contributed by atoms with Gasteiger partial charge in [0.05, 0.1) is 0 Å². The number of hydrogen-bond acceptors (Lipinski definition) is 4. The molecule has 0 fully saturated rings. The van der Waals surface area contributed by atoms with E-state index in [2.05, 4.69) is 19.9 Å². The maximum Gasteiger partial charge on any atom is 0.275 e. The monoisotopic (exact) mass is 386 g/mol. The summed E-state index contributed by atoms with van der Waals surface area (Å²) in [5.74, 6) is -0.708. The molecule has 0 aliphatic heterocycles. The van der Waals surface area contributed by atoms with E-state index >= 15 is 0 Å². The molecule has 0 aliphatic carbocycles. The van der Waals surface area contributed by atoms with Crippen LogP contribution in [0.3, 0.4) is 0 Å². The van der Waals surface area contributed by atoms with Crippen molar-refractivity contribution in [3.8, 4) is 0 Å². The van der Waals surface area contributed by atoms with E-state index in [9.17, 15) is 19.2 Å². The molecule has 0 unspecified atom stereocenters. The SMILES string of the molecule is CC=C([SiH](NC(=O)CC)NC(=O)CC)[SiH](NC(=O)CC)NC(=O)CC. The van der Waals surface area contributed by atoms with E-state index < -0.39 is 18.2 Å². The van der Waals surface area contributed by atoms with Crippen LogP contribution in [0.15, 0.2) is 10.9 Å². The predicted octanol–water partition coefficient (Wildman–Crippen LogP) is -0.443. The molecule has 0 aromatic heterocycles. The Morgan fingerprint density at radius 3 is 1.04 bits per heavy atom. The molecule has 0 atom stereocenters. The summed E-state index contributed by atoms with van der Waals surface area (Å²) in [6.07, 6.45) is 2.94. The van der Waals surface area contributed by atoms with Crippen LogP contribution in [0, 0.1) is 0 Å². The first-order chi connectivity index (χ1) is 11.8. The fourth-order valence-electron chi connectivity index (χ4n) is 1.96. The summed E-state index contributed by atoms with van der Waals surface area (Å²) in [7, 11) is -4.81. The van der Waals surface area contributed by atoms with Crippen molar-refractivity contribution in [1.82, 2.24) is 19.9 Å². The molecule has 0 aromatic carbocycles. The number of carbonyl (C=O) groups is 4. The Kier molecular flexibility index (Phi) is 11.5. The van der Waals surface area contributed by atoms with E-state index in [-0.39, 0.29) is 49.3 Å². The van der Waals surface area contributed by atoms with Crippen molar-refractivity contribution in [3.05, 3.63) is 10.9 Å². The minimum Gasteiger partial charge on any atom is -0.364 e. The molecular formula is C15H30N4O4Si2. The standard InChI is InChI=1S/C15H30N4O4Si2/c1-6-11(20)16-24(17-12(21)7-2)15(10-5)25(18-13(22)8-3)19-14(23)9-4/h10,24-25H,6-9H2,1-5H3,(H,16,20)(H,17,21)(H,18,22)(H,19,23). The largest absolute Gasteiger partial charge is 0.364 e. The predicted molar refractivity (Wildman–Crippen MR) is 102 cm³/mol. The third-order valence-electron chi connectivity index (χ3n) is 3.51. The maximum atomic E-state index is 11.9. The second-order valence-electron chi connectivity index (χ2n) is 5.34. The van der Waals surface area contributed by atoms with E-state index in [4.69, 9.17) is 0 Å². The quantitative estimate of drug-likeness (QED) is 0.381. The van der Waals surface area contributed by atoms with Crippen LogP contribution in [-0.4, -0.2) is 41.9 Å². The Balaban J connectivity index is 5.62. The van der Waals surface area contributed by atoms with E-state index in [0.29, 0.717) is 0 Å². The van der Waals surface area contributed by atoms with Crippen molar-refractivity contribution < 1.29 is 19.2 Å². The van der Waals surface area contributed by atoms with Crippen LogP contribution in [0.2, 0.25) is 0 Å². The lowest BCUT2D eigenvalue weighted by Crippen LogP contribution is -2.63. The summed E-state index contributed by atoms with van der Waals surface area (Å²) >= 11 is 0. The Hall–Kier alpha value is -1.95. The summed E-state index contributed by atoms with van der Waals surface area (Å²) < 4.78 is 0. The normalized spacial score (nSPS) is 10.2. The molecule has 25 heavy (non-hydrogen) atoms. The van der Waals surface area contributed by atoms with Gasteiger partial charge in [0, 0.05) is 25.7 Å². The van der Waals surface area contributed by atoms with Crippen molar-refractivity contribution in [1.29, 1.82) is 0 Å². The van der Waals surface area contributed by atoms with E-state index in [1.165, 1.54) is 0 Å². The van der Waals surface area contributed by atoms with Gasteiger partial charge in [-0.25, -0.2) is 0 Å². The zero-order valence-electron chi connectivity index (χ0n) is 15.7. The van der Waals surface area contributed by atoms with Crippen LogP contribution in [0.25, 0.3) is 0 Å². The topological polar surface area (TPSA) is 116 Å². The molecule has 0 rings (SSSR count). The highest BCUT2D eigenvalue weighted by molar-refractivity contribution is 6.88. The highest BCUT2D eigenvalue weighted by Gasteiger charge is 2.30. The third-order valence-corrected chi connectivity index (χ3v) is 9.95. The van der Waals surface area contributed by atoms with Crippen LogP contribution in [-0.2, 0) is 19.2 Å². The fraction of sp³-hybridized carbons (Fsp3) is 0.600. The van der Waals surface area contributed by atoms with Gasteiger partial charge in [0.2, 0.25) is 23.6 Å². The van der Waals surface area contributed by atoms with Gasteiger partial charge in [-0.2, -0.15) is 0 Å². The fourth-order valence-corrected chi connectivity index (χ4v) is 7.87. The average Bonchev–Trinajstić information content (AvgIpc) is 2.61. The van der Waals surface area contributed by atoms with Crippen LogP contribution in [0.5, 0.6) is 0 Å². The number of hydrogen-bond donors (Lipinski definition) is 4. The molecule has 8 nitrogen and oxygen atoms in total. The maximum absolute atomic E-state index is 11.9. The molecule has 4 N–H and O–H groups in total. The van der Waals surface area contributed by atoms with Gasteiger partial charge in [-0.3, -0.25) is 19.2 Å². The Bertz CT molecular complexity index is 448. The Morgan fingerprint density at radius 1 is 0.640 bits per heavy atom. The second kappa shape index (κ2) is 12.4. The van der Waals surface area contributed by atoms with Gasteiger partial charge in [0.25, 0.3) is 18.2 Å². The van der Waals surface area contributed by atoms with Gasteiger partial charge >= 0.3 is 0 Å². The van der Waals surface area contributed by atoms with Crippen molar-refractivity contribution in [2.45, 2.75) is 60.3 Å². The number of allylic oxidation sites excluding steroid dienone is 1. The average molecular weight is 387 g/mol. The van der Waals surface area contributed by atoms with E-state index in [1.807, 2.05) is 0 Å². The molecule has 0 saturated heterocycles. The highest BCUT2D eigenvalue weighted by atomic mass is 28.4. The zero-order valence-corrected chi connectivity index (χ0v) is 18.0. The van der Waals surface area contributed by atoms with E-state index in [1.54, 1.807) is 40.7 Å². The summed E-state index contributed by atoms with van der Waals surface area (Å²) in [5.41, 5.74) is 0. The van der Waals surface area contributed by atoms with E-state index in [0.717, 1.165) is 4.82 Å². The molecule has 0 aliphatic rings. The summed E-state index contributed by atoms with van der Waals surface area (Å²) in [6, 6.07) is 0. The number of rotatable bonds is 10. The van der Waals surface area contributed by atoms with Gasteiger partial charge < -0.3 is 19.9 Å². The molecule has 0 saturated carbocycles. The Morgan fingerprint density at radius 2 is 0.880 bits per heavy atom. The number of nitrogens with one attached hydrogen (secondary N) is 4. The first-order valence-electron chi connectivity index (χ1n) is 8.66. The van der Waals surface area contributed by atoms with Gasteiger partial charge in [0.1, 0.15) is 0 Å². The van der Waals surface area contributed by atoms with Crippen molar-refractivity contribution in [2.75, 3.05) is 0 Å². The first kappa shape index (κ1) is 23.1. The lowest BCUT2D eigenvalue weighted by Gasteiger charge is -2.27. The molecule has 0 radical (unpaired) electrons. The van der Waals surface area contributed by atoms with Gasteiger partial charge in [0.15, 0.2) is 0 Å². The minimum absolute atomic E-state index is 0.177. The molecule has 10 heteroatoms. The molecule has 142 valence electrons. The first-order valence-corrected chi connectivity index (χ1v) is 12.1. The smallest absolute Gasteiger partial charge is 0.275 e.